The first kappa shape index (κ1) is 12.1. The summed E-state index contributed by atoms with van der Waals surface area (Å²) in [5, 5.41) is 1.50. The van der Waals surface area contributed by atoms with Gasteiger partial charge in [0.05, 0.1) is 0 Å². The van der Waals surface area contributed by atoms with Gasteiger partial charge in [0, 0.05) is 38.9 Å². The van der Waals surface area contributed by atoms with E-state index in [2.05, 4.69) is 0 Å². The lowest BCUT2D eigenvalue weighted by Gasteiger charge is -2.17. The molecule has 0 fully saturated rings. The lowest BCUT2D eigenvalue weighted by molar-refractivity contribution is 0.519. The molecule has 1 heterocycles. The molecule has 2 nitrogen and oxygen atoms in total. The normalized spacial score (nSPS) is 13.4. The number of rotatable bonds is 0. The van der Waals surface area contributed by atoms with E-state index in [-0.39, 0.29) is 0 Å². The minimum Gasteiger partial charge on any atom is -0.354 e. The van der Waals surface area contributed by atoms with E-state index in [1.165, 1.54) is 0 Å². The van der Waals surface area contributed by atoms with Gasteiger partial charge in [-0.1, -0.05) is 0 Å². The molecule has 0 aromatic heterocycles. The molecule has 84 valence electrons. The molecule has 2 heteroatoms. The molecule has 0 saturated heterocycles. The van der Waals surface area contributed by atoms with Crippen LogP contribution in [0.15, 0.2) is 49.1 Å². The van der Waals surface area contributed by atoms with Crippen molar-refractivity contribution in [3.05, 3.63) is 59.5 Å². The zero-order chi connectivity index (χ0) is 12.0. The van der Waals surface area contributed by atoms with Crippen molar-refractivity contribution in [3.63, 3.8) is 0 Å². The fourth-order valence-electron chi connectivity index (χ4n) is 1.02. The van der Waals surface area contributed by atoms with Crippen LogP contribution in [0, 0.1) is 0 Å². The molecule has 0 atom stereocenters. The third-order valence-electron chi connectivity index (χ3n) is 2.01. The standard InChI is InChI=1S/C8H6.C6H10N2/c2*1-7-3-5-8(2)6-4-7/h1-6H;3-6H,1-2H3/q-2;. The fourth-order valence-corrected chi connectivity index (χ4v) is 1.02. The molecular weight excluding hydrogens is 196 g/mol. The van der Waals surface area contributed by atoms with Crippen LogP contribution in [0.3, 0.4) is 0 Å². The van der Waals surface area contributed by atoms with Crippen molar-refractivity contribution in [2.45, 2.75) is 0 Å². The van der Waals surface area contributed by atoms with Gasteiger partial charge in [0.1, 0.15) is 0 Å². The summed E-state index contributed by atoms with van der Waals surface area (Å²) in [7, 11) is 4.00. The van der Waals surface area contributed by atoms with E-state index < -0.39 is 0 Å². The van der Waals surface area contributed by atoms with Gasteiger partial charge in [-0.15, -0.1) is 0 Å². The molecular formula is C14H16N2-2. The fraction of sp³-hybridized carbons (Fsp3) is 0.143. The maximum absolute atomic E-state index is 5.37. The van der Waals surface area contributed by atoms with Crippen molar-refractivity contribution < 1.29 is 0 Å². The van der Waals surface area contributed by atoms with Gasteiger partial charge in [0.25, 0.3) is 0 Å². The summed E-state index contributed by atoms with van der Waals surface area (Å²) in [5.74, 6) is 0. The van der Waals surface area contributed by atoms with Crippen LogP contribution in [-0.2, 0) is 0 Å². The topological polar surface area (TPSA) is 6.48 Å². The van der Waals surface area contributed by atoms with Gasteiger partial charge in [-0.25, -0.2) is 47.9 Å². The summed E-state index contributed by atoms with van der Waals surface area (Å²) in [5.41, 5.74) is 0. The molecule has 0 unspecified atom stereocenters. The Kier molecular flexibility index (Phi) is 4.40. The average molecular weight is 212 g/mol. The van der Waals surface area contributed by atoms with E-state index in [4.69, 9.17) is 13.2 Å². The monoisotopic (exact) mass is 212 g/mol. The molecule has 0 spiro atoms. The van der Waals surface area contributed by atoms with E-state index in [0.29, 0.717) is 0 Å². The van der Waals surface area contributed by atoms with Gasteiger partial charge >= 0.3 is 0 Å². The predicted molar refractivity (Wildman–Crippen MR) is 68.4 cm³/mol. The van der Waals surface area contributed by atoms with Crippen LogP contribution < -0.4 is 10.4 Å². The van der Waals surface area contributed by atoms with Crippen molar-refractivity contribution in [1.82, 2.24) is 9.80 Å². The van der Waals surface area contributed by atoms with E-state index >= 15 is 0 Å². The molecule has 0 amide bonds. The van der Waals surface area contributed by atoms with Crippen LogP contribution in [0.5, 0.6) is 0 Å². The van der Waals surface area contributed by atoms with Crippen LogP contribution in [-0.4, -0.2) is 23.9 Å². The molecule has 1 aromatic carbocycles. The van der Waals surface area contributed by atoms with E-state index in [0.717, 1.165) is 10.4 Å². The third kappa shape index (κ3) is 4.51. The van der Waals surface area contributed by atoms with Crippen LogP contribution in [0.25, 0.3) is 13.2 Å². The number of hydrogen-bond donors (Lipinski definition) is 0. The number of benzene rings is 1. The Morgan fingerprint density at radius 1 is 0.688 bits per heavy atom. The third-order valence-corrected chi connectivity index (χ3v) is 2.01. The Hall–Kier alpha value is -1.96. The second kappa shape index (κ2) is 5.81. The van der Waals surface area contributed by atoms with Gasteiger partial charge in [-0.05, 0) is 0 Å². The molecule has 1 aromatic rings. The van der Waals surface area contributed by atoms with Crippen LogP contribution in [0.4, 0.5) is 0 Å². The van der Waals surface area contributed by atoms with E-state index in [1.807, 2.05) is 48.7 Å². The Balaban J connectivity index is 0.000000160. The van der Waals surface area contributed by atoms with Crippen LogP contribution >= 0.6 is 0 Å². The van der Waals surface area contributed by atoms with Crippen molar-refractivity contribution in [3.8, 4) is 0 Å². The molecule has 0 aliphatic carbocycles. The highest BCUT2D eigenvalue weighted by Gasteiger charge is 1.90. The zero-order valence-corrected chi connectivity index (χ0v) is 9.67. The predicted octanol–water partition coefficient (Wildman–Crippen LogP) is 1.07. The van der Waals surface area contributed by atoms with Crippen molar-refractivity contribution in [2.75, 3.05) is 14.1 Å². The first-order valence-corrected chi connectivity index (χ1v) is 4.99. The summed E-state index contributed by atoms with van der Waals surface area (Å²) >= 11 is 0. The largest absolute Gasteiger partial charge is 0.354 e. The molecule has 0 N–H and O–H groups in total. The molecule has 0 saturated carbocycles. The highest BCUT2D eigenvalue weighted by molar-refractivity contribution is 5.13. The Morgan fingerprint density at radius 3 is 1.19 bits per heavy atom. The summed E-state index contributed by atoms with van der Waals surface area (Å²) in [6.45, 7) is 10.7. The quantitative estimate of drug-likeness (QED) is 0.594. The van der Waals surface area contributed by atoms with Gasteiger partial charge in [-0.3, -0.25) is 0 Å². The van der Waals surface area contributed by atoms with Crippen molar-refractivity contribution >= 4 is 13.2 Å². The minimum absolute atomic E-state index is 0.749. The number of nitrogens with zero attached hydrogens (tertiary/aromatic N) is 2. The first-order valence-electron chi connectivity index (χ1n) is 4.99. The maximum atomic E-state index is 5.37. The molecule has 0 bridgehead atoms. The van der Waals surface area contributed by atoms with Gasteiger partial charge < -0.3 is 9.80 Å². The molecule has 1 aliphatic heterocycles. The smallest absolute Gasteiger partial charge is 0.0194 e. The molecule has 16 heavy (non-hydrogen) atoms. The van der Waals surface area contributed by atoms with Crippen molar-refractivity contribution in [2.24, 2.45) is 0 Å². The molecule has 1 aliphatic rings. The Bertz CT molecular complexity index is 394. The Morgan fingerprint density at radius 2 is 0.938 bits per heavy atom. The van der Waals surface area contributed by atoms with Crippen LogP contribution in [0.1, 0.15) is 0 Å². The summed E-state index contributed by atoms with van der Waals surface area (Å²) in [6.07, 6.45) is 8.00. The van der Waals surface area contributed by atoms with Gasteiger partial charge in [0.2, 0.25) is 0 Å². The molecule has 0 radical (unpaired) electrons. The van der Waals surface area contributed by atoms with E-state index in [9.17, 15) is 0 Å². The SMILES string of the molecule is CN1C=CN(C)C=C1.[CH-]=c1ccc(=[CH-])cc1. The summed E-state index contributed by atoms with van der Waals surface area (Å²) in [6, 6.07) is 7.09. The molecule has 2 rings (SSSR count). The first-order chi connectivity index (χ1) is 7.58. The number of hydrogen-bond acceptors (Lipinski definition) is 2. The summed E-state index contributed by atoms with van der Waals surface area (Å²) < 4.78 is 0. The zero-order valence-electron chi connectivity index (χ0n) is 9.67. The minimum atomic E-state index is 0.749. The summed E-state index contributed by atoms with van der Waals surface area (Å²) in [4.78, 5) is 4.00. The van der Waals surface area contributed by atoms with Crippen molar-refractivity contribution in [1.29, 1.82) is 0 Å². The highest BCUT2D eigenvalue weighted by atomic mass is 15.2. The lowest BCUT2D eigenvalue weighted by Crippen LogP contribution is -2.12. The Labute approximate surface area is 97.1 Å². The second-order valence-corrected chi connectivity index (χ2v) is 3.59. The van der Waals surface area contributed by atoms with Crippen LogP contribution in [0.2, 0.25) is 0 Å². The maximum Gasteiger partial charge on any atom is 0.0194 e. The van der Waals surface area contributed by atoms with Gasteiger partial charge in [-0.2, -0.15) is 0 Å². The van der Waals surface area contributed by atoms with Gasteiger partial charge in [0.15, 0.2) is 0 Å². The second-order valence-electron chi connectivity index (χ2n) is 3.59. The average Bonchev–Trinajstić information content (AvgIpc) is 2.28. The lowest BCUT2D eigenvalue weighted by atomic mass is 10.3. The highest BCUT2D eigenvalue weighted by Crippen LogP contribution is 1.97. The van der Waals surface area contributed by atoms with E-state index in [1.54, 1.807) is 24.3 Å².